The number of aliphatic carboxylic acids is 1. The summed E-state index contributed by atoms with van der Waals surface area (Å²) < 4.78 is 5.53. The van der Waals surface area contributed by atoms with Crippen LogP contribution in [0.4, 0.5) is 0 Å². The molecule has 5 heteroatoms. The first-order chi connectivity index (χ1) is 14.1. The Balaban J connectivity index is 1.56. The minimum atomic E-state index is -1.37. The first-order valence-corrected chi connectivity index (χ1v) is 9.46. The van der Waals surface area contributed by atoms with Gasteiger partial charge in [0.1, 0.15) is 6.61 Å². The Morgan fingerprint density at radius 1 is 0.897 bits per heavy atom. The van der Waals surface area contributed by atoms with Crippen molar-refractivity contribution in [2.45, 2.75) is 18.4 Å². The number of carboxylic acid groups (broad SMARTS) is 1. The van der Waals surface area contributed by atoms with Gasteiger partial charge in [0.25, 0.3) is 0 Å². The molecule has 3 aromatic rings. The lowest BCUT2D eigenvalue weighted by molar-refractivity contribution is -0.154. The van der Waals surface area contributed by atoms with Gasteiger partial charge in [-0.15, -0.1) is 0 Å². The van der Waals surface area contributed by atoms with Crippen molar-refractivity contribution in [1.29, 1.82) is 0 Å². The summed E-state index contributed by atoms with van der Waals surface area (Å²) in [5.74, 6) is -3.48. The van der Waals surface area contributed by atoms with Crippen LogP contribution in [0.3, 0.4) is 0 Å². The van der Waals surface area contributed by atoms with Crippen molar-refractivity contribution >= 4 is 11.9 Å². The molecular weight excluding hydrogens is 366 g/mol. The third-order valence-electron chi connectivity index (χ3n) is 5.39. The van der Waals surface area contributed by atoms with Crippen molar-refractivity contribution in [3.63, 3.8) is 0 Å². The summed E-state index contributed by atoms with van der Waals surface area (Å²) in [6.45, 7) is 0.445. The van der Waals surface area contributed by atoms with Gasteiger partial charge in [0.2, 0.25) is 0 Å². The zero-order chi connectivity index (χ0) is 20.4. The summed E-state index contributed by atoms with van der Waals surface area (Å²) in [7, 11) is 0. The highest BCUT2D eigenvalue weighted by molar-refractivity contribution is 6.00. The number of carbonyl (C=O) groups is 2. The van der Waals surface area contributed by atoms with Gasteiger partial charge < -0.3 is 15.6 Å². The van der Waals surface area contributed by atoms with Crippen LogP contribution in [0.25, 0.3) is 11.1 Å². The maximum absolute atomic E-state index is 12.7. The first kappa shape index (κ1) is 18.9. The molecule has 1 unspecified atom stereocenters. The average Bonchev–Trinajstić information content (AvgIpc) is 3.06. The summed E-state index contributed by atoms with van der Waals surface area (Å²) in [5, 5.41) is 9.61. The highest BCUT2D eigenvalue weighted by Gasteiger charge is 2.33. The molecule has 3 N–H and O–H groups in total. The van der Waals surface area contributed by atoms with Gasteiger partial charge in [0.05, 0.1) is 0 Å². The minimum absolute atomic E-state index is 0.0948. The smallest absolute Gasteiger partial charge is 0.324 e. The van der Waals surface area contributed by atoms with Gasteiger partial charge in [-0.3, -0.25) is 9.59 Å². The van der Waals surface area contributed by atoms with E-state index in [2.05, 4.69) is 12.1 Å². The highest BCUT2D eigenvalue weighted by Crippen LogP contribution is 2.44. The molecule has 4 rings (SSSR count). The zero-order valence-electron chi connectivity index (χ0n) is 15.7. The molecule has 1 aliphatic rings. The van der Waals surface area contributed by atoms with Gasteiger partial charge >= 0.3 is 11.9 Å². The number of rotatable bonds is 6. The van der Waals surface area contributed by atoms with Crippen molar-refractivity contribution in [2.75, 3.05) is 6.61 Å². The summed E-state index contributed by atoms with van der Waals surface area (Å²) in [6.07, 6.45) is 0. The summed E-state index contributed by atoms with van der Waals surface area (Å²) in [4.78, 5) is 24.5. The molecule has 0 aromatic heterocycles. The molecule has 0 bridgehead atoms. The number of nitrogens with two attached hydrogens (primary N) is 1. The number of carboxylic acids is 1. The molecule has 0 saturated carbocycles. The molecule has 146 valence electrons. The van der Waals surface area contributed by atoms with Crippen LogP contribution in [0, 0.1) is 0 Å². The minimum Gasteiger partial charge on any atom is -0.480 e. The maximum Gasteiger partial charge on any atom is 0.324 e. The van der Waals surface area contributed by atoms with Gasteiger partial charge in [0.15, 0.2) is 5.92 Å². The Labute approximate surface area is 168 Å². The predicted molar refractivity (Wildman–Crippen MR) is 109 cm³/mol. The van der Waals surface area contributed by atoms with Gasteiger partial charge in [-0.1, -0.05) is 72.8 Å². The molecule has 0 spiro atoms. The lowest BCUT2D eigenvalue weighted by Crippen LogP contribution is -2.25. The van der Waals surface area contributed by atoms with E-state index >= 15 is 0 Å². The van der Waals surface area contributed by atoms with Crippen LogP contribution >= 0.6 is 0 Å². The first-order valence-electron chi connectivity index (χ1n) is 9.46. The van der Waals surface area contributed by atoms with Crippen LogP contribution < -0.4 is 5.73 Å². The number of ether oxygens (including phenoxy) is 1. The fourth-order valence-electron chi connectivity index (χ4n) is 3.91. The van der Waals surface area contributed by atoms with Crippen molar-refractivity contribution in [2.24, 2.45) is 5.73 Å². The third kappa shape index (κ3) is 3.52. The normalized spacial score (nSPS) is 13.4. The molecule has 0 amide bonds. The quantitative estimate of drug-likeness (QED) is 0.498. The lowest BCUT2D eigenvalue weighted by Gasteiger charge is -2.17. The fraction of sp³-hybridized carbons (Fsp3) is 0.167. The number of hydrogen-bond donors (Lipinski definition) is 2. The molecule has 0 fully saturated rings. The average molecular weight is 387 g/mol. The van der Waals surface area contributed by atoms with Crippen molar-refractivity contribution in [1.82, 2.24) is 0 Å². The Morgan fingerprint density at radius 3 is 1.97 bits per heavy atom. The van der Waals surface area contributed by atoms with E-state index in [1.54, 1.807) is 24.3 Å². The van der Waals surface area contributed by atoms with E-state index in [4.69, 9.17) is 10.5 Å². The standard InChI is InChI=1S/C24H21NO4/c25-13-15-9-11-16(12-10-15)22(23(26)27)24(28)29-14-21-19-7-3-1-5-17(19)18-6-2-4-8-20(18)21/h1-12,21-22H,13-14,25H2,(H,26,27). The van der Waals surface area contributed by atoms with Gasteiger partial charge in [-0.25, -0.2) is 0 Å². The lowest BCUT2D eigenvalue weighted by atomic mass is 9.97. The topological polar surface area (TPSA) is 89.6 Å². The van der Waals surface area contributed by atoms with E-state index < -0.39 is 17.9 Å². The second-order valence-electron chi connectivity index (χ2n) is 7.07. The molecule has 0 heterocycles. The Morgan fingerprint density at radius 2 is 1.45 bits per heavy atom. The zero-order valence-corrected chi connectivity index (χ0v) is 15.7. The van der Waals surface area contributed by atoms with Crippen LogP contribution in [-0.2, 0) is 20.9 Å². The summed E-state index contributed by atoms with van der Waals surface area (Å²) in [6, 6.07) is 22.7. The van der Waals surface area contributed by atoms with Crippen LogP contribution in [0.15, 0.2) is 72.8 Å². The fourth-order valence-corrected chi connectivity index (χ4v) is 3.91. The van der Waals surface area contributed by atoms with Crippen LogP contribution in [-0.4, -0.2) is 23.7 Å². The van der Waals surface area contributed by atoms with Gasteiger partial charge in [-0.05, 0) is 33.4 Å². The molecule has 5 nitrogen and oxygen atoms in total. The molecule has 0 saturated heterocycles. The molecule has 0 aliphatic heterocycles. The number of hydrogen-bond acceptors (Lipinski definition) is 4. The van der Waals surface area contributed by atoms with Crippen molar-refractivity contribution in [3.8, 4) is 11.1 Å². The van der Waals surface area contributed by atoms with Crippen LogP contribution in [0.5, 0.6) is 0 Å². The van der Waals surface area contributed by atoms with Gasteiger partial charge in [-0.2, -0.15) is 0 Å². The van der Waals surface area contributed by atoms with Crippen LogP contribution in [0.2, 0.25) is 0 Å². The third-order valence-corrected chi connectivity index (χ3v) is 5.39. The van der Waals surface area contributed by atoms with E-state index in [1.807, 2.05) is 36.4 Å². The van der Waals surface area contributed by atoms with Crippen molar-refractivity contribution < 1.29 is 19.4 Å². The Hall–Kier alpha value is -3.44. The highest BCUT2D eigenvalue weighted by atomic mass is 16.5. The molecule has 3 aromatic carbocycles. The second-order valence-corrected chi connectivity index (χ2v) is 7.07. The SMILES string of the molecule is NCc1ccc(C(C(=O)O)C(=O)OCC2c3ccccc3-c3ccccc32)cc1. The van der Waals surface area contributed by atoms with E-state index in [9.17, 15) is 14.7 Å². The Kier molecular flexibility index (Phi) is 5.14. The number of fused-ring (bicyclic) bond motifs is 3. The maximum atomic E-state index is 12.7. The van der Waals surface area contributed by atoms with Gasteiger partial charge in [0, 0.05) is 12.5 Å². The molecule has 1 atom stereocenters. The summed E-state index contributed by atoms with van der Waals surface area (Å²) in [5.41, 5.74) is 11.2. The van der Waals surface area contributed by atoms with Crippen LogP contribution in [0.1, 0.15) is 34.1 Å². The molecule has 29 heavy (non-hydrogen) atoms. The molecule has 0 radical (unpaired) electrons. The van der Waals surface area contributed by atoms with E-state index in [1.165, 1.54) is 0 Å². The summed E-state index contributed by atoms with van der Waals surface area (Å²) >= 11 is 0. The Bertz CT molecular complexity index is 1010. The monoisotopic (exact) mass is 387 g/mol. The van der Waals surface area contributed by atoms with E-state index in [0.29, 0.717) is 12.1 Å². The van der Waals surface area contributed by atoms with E-state index in [0.717, 1.165) is 27.8 Å². The predicted octanol–water partition coefficient (Wildman–Crippen LogP) is 3.67. The largest absolute Gasteiger partial charge is 0.480 e. The van der Waals surface area contributed by atoms with E-state index in [-0.39, 0.29) is 12.5 Å². The number of benzene rings is 3. The number of esters is 1. The van der Waals surface area contributed by atoms with Crippen molar-refractivity contribution in [3.05, 3.63) is 95.1 Å². The molecular formula is C24H21NO4. The molecule has 1 aliphatic carbocycles. The number of carbonyl (C=O) groups excluding carboxylic acids is 1. The second kappa shape index (κ2) is 7.89.